The molecular formula is C52H58N14O12S2. The standard InChI is InChI=1S/2C26H29N7O6S/c2*1-16-14-27-24(28-15-16)23-20(11-7-13-39-23)40(34,35)32-26-31-30-25(17-8-5-12-21(29-17)38-4)33(26)22-18(36-2)9-6-10-19(22)37-3/h2*5-6,8-10,12,14-15,20,23H,7,11,13H2,1-4H3,(H,31,32)/t2*20-,23-/m10/s1. The second-order valence-electron chi connectivity index (χ2n) is 18.0. The van der Waals surface area contributed by atoms with Gasteiger partial charge >= 0.3 is 0 Å². The van der Waals surface area contributed by atoms with Crippen molar-refractivity contribution in [3.63, 3.8) is 0 Å². The van der Waals surface area contributed by atoms with Crippen LogP contribution in [0, 0.1) is 13.8 Å². The Balaban J connectivity index is 0.000000194. The number of hydrogen-bond acceptors (Lipinski definition) is 22. The molecule has 4 atom stereocenters. The predicted molar refractivity (Wildman–Crippen MR) is 291 cm³/mol. The molecule has 420 valence electrons. The lowest BCUT2D eigenvalue weighted by molar-refractivity contribution is 0.0125. The first-order valence-corrected chi connectivity index (χ1v) is 28.0. The van der Waals surface area contributed by atoms with Crippen LogP contribution >= 0.6 is 0 Å². The molecule has 0 bridgehead atoms. The number of benzene rings is 2. The van der Waals surface area contributed by atoms with Gasteiger partial charge in [-0.2, -0.15) is 0 Å². The van der Waals surface area contributed by atoms with Crippen LogP contribution in [0.25, 0.3) is 34.4 Å². The number of hydrogen-bond donors (Lipinski definition) is 2. The minimum atomic E-state index is -4.10. The highest BCUT2D eigenvalue weighted by molar-refractivity contribution is 7.93. The molecule has 2 N–H and O–H groups in total. The Bertz CT molecular complexity index is 3380. The minimum absolute atomic E-state index is 0.0865. The molecule has 6 aromatic heterocycles. The van der Waals surface area contributed by atoms with Gasteiger partial charge in [0.1, 0.15) is 68.5 Å². The van der Waals surface area contributed by atoms with Crippen molar-refractivity contribution in [2.45, 2.75) is 62.2 Å². The number of aryl methyl sites for hydroxylation is 2. The zero-order chi connectivity index (χ0) is 56.6. The number of ether oxygens (including phenoxy) is 8. The van der Waals surface area contributed by atoms with E-state index in [1.54, 1.807) is 97.6 Å². The van der Waals surface area contributed by atoms with Crippen LogP contribution in [0.4, 0.5) is 11.9 Å². The molecule has 2 aliphatic rings. The van der Waals surface area contributed by atoms with E-state index in [4.69, 9.17) is 37.9 Å². The number of rotatable bonds is 18. The Hall–Kier alpha value is -8.60. The molecule has 2 saturated heterocycles. The molecule has 0 spiro atoms. The summed E-state index contributed by atoms with van der Waals surface area (Å²) in [5, 5.41) is 15.1. The van der Waals surface area contributed by atoms with Crippen molar-refractivity contribution in [3.8, 4) is 69.2 Å². The average Bonchev–Trinajstić information content (AvgIpc) is 4.10. The highest BCUT2D eigenvalue weighted by atomic mass is 32.2. The van der Waals surface area contributed by atoms with Crippen LogP contribution in [0.3, 0.4) is 0 Å². The van der Waals surface area contributed by atoms with E-state index in [9.17, 15) is 16.8 Å². The first kappa shape index (κ1) is 56.1. The van der Waals surface area contributed by atoms with E-state index in [0.29, 0.717) is 108 Å². The third-order valence-electron chi connectivity index (χ3n) is 12.8. The van der Waals surface area contributed by atoms with E-state index in [0.717, 1.165) is 11.1 Å². The maximum Gasteiger partial charge on any atom is 0.243 e. The number of pyridine rings is 2. The summed E-state index contributed by atoms with van der Waals surface area (Å²) < 4.78 is 109. The van der Waals surface area contributed by atoms with Crippen molar-refractivity contribution in [1.29, 1.82) is 0 Å². The molecule has 10 rings (SSSR count). The number of aromatic nitrogens is 12. The summed E-state index contributed by atoms with van der Waals surface area (Å²) in [5.74, 6) is 3.19. The van der Waals surface area contributed by atoms with Gasteiger partial charge in [0, 0.05) is 50.1 Å². The van der Waals surface area contributed by atoms with Crippen LogP contribution in [-0.4, -0.2) is 143 Å². The van der Waals surface area contributed by atoms with Crippen LogP contribution < -0.4 is 37.9 Å². The van der Waals surface area contributed by atoms with Crippen molar-refractivity contribution < 1.29 is 54.7 Å². The first-order chi connectivity index (χ1) is 38.7. The molecule has 0 unspecified atom stereocenters. The van der Waals surface area contributed by atoms with E-state index in [-0.39, 0.29) is 23.5 Å². The van der Waals surface area contributed by atoms with Crippen LogP contribution in [0.15, 0.2) is 97.6 Å². The highest BCUT2D eigenvalue weighted by Crippen LogP contribution is 2.41. The van der Waals surface area contributed by atoms with Gasteiger partial charge in [0.25, 0.3) is 0 Å². The van der Waals surface area contributed by atoms with Gasteiger partial charge < -0.3 is 37.9 Å². The highest BCUT2D eigenvalue weighted by Gasteiger charge is 2.42. The van der Waals surface area contributed by atoms with E-state index < -0.39 is 42.8 Å². The normalized spacial score (nSPS) is 17.3. The van der Waals surface area contributed by atoms with Gasteiger partial charge in [-0.05, 0) is 87.1 Å². The summed E-state index contributed by atoms with van der Waals surface area (Å²) in [5.41, 5.74) is 3.25. The largest absolute Gasteiger partial charge is 0.494 e. The monoisotopic (exact) mass is 1130 g/mol. The molecule has 2 aliphatic heterocycles. The fourth-order valence-corrected chi connectivity index (χ4v) is 12.1. The van der Waals surface area contributed by atoms with Crippen molar-refractivity contribution in [1.82, 2.24) is 59.4 Å². The average molecular weight is 1140 g/mol. The molecule has 80 heavy (non-hydrogen) atoms. The Kier molecular flexibility index (Phi) is 17.3. The summed E-state index contributed by atoms with van der Waals surface area (Å²) in [6.45, 7) is 4.51. The van der Waals surface area contributed by atoms with Gasteiger partial charge in [-0.15, -0.1) is 20.4 Å². The van der Waals surface area contributed by atoms with E-state index in [2.05, 4.69) is 59.7 Å². The smallest absolute Gasteiger partial charge is 0.243 e. The number of nitrogens with one attached hydrogen (secondary N) is 2. The Morgan fingerprint density at radius 2 is 0.838 bits per heavy atom. The van der Waals surface area contributed by atoms with Gasteiger partial charge in [0.15, 0.2) is 23.3 Å². The lowest BCUT2D eigenvalue weighted by atomic mass is 10.1. The van der Waals surface area contributed by atoms with Crippen LogP contribution in [-0.2, 0) is 29.5 Å². The van der Waals surface area contributed by atoms with Gasteiger partial charge in [-0.3, -0.25) is 18.6 Å². The summed E-state index contributed by atoms with van der Waals surface area (Å²) in [4.78, 5) is 26.3. The Morgan fingerprint density at radius 3 is 1.18 bits per heavy atom. The molecule has 26 nitrogen and oxygen atoms in total. The van der Waals surface area contributed by atoms with Crippen LogP contribution in [0.5, 0.6) is 34.8 Å². The number of methoxy groups -OCH3 is 6. The third kappa shape index (κ3) is 11.9. The first-order valence-electron chi connectivity index (χ1n) is 24.9. The summed E-state index contributed by atoms with van der Waals surface area (Å²) in [7, 11) is 0.806. The Morgan fingerprint density at radius 1 is 0.487 bits per heavy atom. The topological polar surface area (TPSA) is 305 Å². The molecule has 2 aromatic carbocycles. The fraction of sp³-hybridized carbons (Fsp3) is 0.346. The number of sulfonamides is 2. The van der Waals surface area contributed by atoms with Crippen LogP contribution in [0.2, 0.25) is 0 Å². The molecular weight excluding hydrogens is 1080 g/mol. The van der Waals surface area contributed by atoms with Crippen LogP contribution in [0.1, 0.15) is 60.7 Å². The fourth-order valence-electron chi connectivity index (χ4n) is 9.00. The third-order valence-corrected chi connectivity index (χ3v) is 16.3. The summed E-state index contributed by atoms with van der Waals surface area (Å²) in [6, 6.07) is 20.7. The van der Waals surface area contributed by atoms with Crippen molar-refractivity contribution >= 4 is 31.9 Å². The molecule has 0 radical (unpaired) electrons. The maximum absolute atomic E-state index is 13.9. The summed E-state index contributed by atoms with van der Waals surface area (Å²) in [6.07, 6.45) is 6.61. The SMILES string of the molecule is COc1cccc(-c2nnc(NS(=O)(=O)[C@@H]3CCCO[C@H]3c3ncc(C)cn3)n2-c2c(OC)cccc2OC)n1.COc1cccc(-c2nnc(NS(=O)(=O)[C@H]3CCCO[C@@H]3c3ncc(C)cn3)n2-c2c(OC)cccc2OC)n1. The number of nitrogens with zero attached hydrogens (tertiary/aromatic N) is 12. The number of para-hydroxylation sites is 2. The molecule has 0 amide bonds. The maximum atomic E-state index is 13.9. The molecule has 0 aliphatic carbocycles. The quantitative estimate of drug-likeness (QED) is 0.0961. The Labute approximate surface area is 461 Å². The van der Waals surface area contributed by atoms with E-state index in [1.807, 2.05) is 13.8 Å². The van der Waals surface area contributed by atoms with Crippen molar-refractivity contribution in [2.24, 2.45) is 0 Å². The molecule has 2 fully saturated rings. The second-order valence-corrected chi connectivity index (χ2v) is 21.8. The van der Waals surface area contributed by atoms with E-state index in [1.165, 1.54) is 51.8 Å². The lowest BCUT2D eigenvalue weighted by Gasteiger charge is -2.30. The number of anilines is 2. The lowest BCUT2D eigenvalue weighted by Crippen LogP contribution is -2.39. The van der Waals surface area contributed by atoms with Gasteiger partial charge in [0.05, 0.1) is 42.7 Å². The molecule has 8 aromatic rings. The zero-order valence-corrected chi connectivity index (χ0v) is 46.5. The van der Waals surface area contributed by atoms with E-state index >= 15 is 0 Å². The van der Waals surface area contributed by atoms with Crippen molar-refractivity contribution in [2.75, 3.05) is 65.3 Å². The van der Waals surface area contributed by atoms with Gasteiger partial charge in [0.2, 0.25) is 43.7 Å². The predicted octanol–water partition coefficient (Wildman–Crippen LogP) is 6.23. The van der Waals surface area contributed by atoms with Gasteiger partial charge in [-0.25, -0.2) is 46.7 Å². The molecule has 0 saturated carbocycles. The molecule has 8 heterocycles. The minimum Gasteiger partial charge on any atom is -0.494 e. The molecule has 28 heteroatoms. The second kappa shape index (κ2) is 24.6. The summed E-state index contributed by atoms with van der Waals surface area (Å²) >= 11 is 0. The van der Waals surface area contributed by atoms with Crippen molar-refractivity contribution in [3.05, 3.63) is 120 Å². The zero-order valence-electron chi connectivity index (χ0n) is 44.9. The van der Waals surface area contributed by atoms with Gasteiger partial charge in [-0.1, -0.05) is 24.3 Å².